The number of fused-ring (bicyclic) bond motifs is 3. The molecule has 1 saturated carbocycles. The van der Waals surface area contributed by atoms with Gasteiger partial charge < -0.3 is 9.97 Å². The molecule has 0 amide bonds. The molecule has 0 bridgehead atoms. The van der Waals surface area contributed by atoms with Crippen LogP contribution in [-0.4, -0.2) is 9.97 Å². The molecule has 1 aliphatic carbocycles. The van der Waals surface area contributed by atoms with Gasteiger partial charge in [-0.1, -0.05) is 444 Å². The number of aryl methyl sites for hydroxylation is 4. The Morgan fingerprint density at radius 3 is 1.15 bits per heavy atom. The SMILES string of the molecule is C.C.CC(C)CC1CCCCC1.CC(C)CCc1ccc(-c2ccccc2)cc1.CC(C)CCc1ccccc1.CC(C)Cc1cc2ccccc2[nH]1.CC(C)Cc1ccc(-c2ccccc2)cc1.CC(C)Cc1ccc2ccccc2c1.CC(C)Cc1ccc[nH]1.CC(C)Cc1cccc2ccccc12.Cc1ccc(CCC(C)C)cc1. The maximum Gasteiger partial charge on any atom is 0.0456 e. The van der Waals surface area contributed by atoms with Crippen molar-refractivity contribution in [3.63, 3.8) is 0 Å². The Kier molecular flexibility index (Phi) is 49.5. The third-order valence-corrected chi connectivity index (χ3v) is 20.8. The van der Waals surface area contributed by atoms with E-state index >= 15 is 0 Å². The van der Waals surface area contributed by atoms with E-state index in [0.29, 0.717) is 5.92 Å². The molecule has 2 aromatic heterocycles. The minimum absolute atomic E-state index is 0. The first-order valence-corrected chi connectivity index (χ1v) is 44.9. The van der Waals surface area contributed by atoms with Crippen molar-refractivity contribution in [3.05, 3.63) is 348 Å². The van der Waals surface area contributed by atoms with Crippen LogP contribution in [0.5, 0.6) is 0 Å². The number of aromatic amines is 2. The Hall–Kier alpha value is -9.24. The van der Waals surface area contributed by atoms with E-state index in [0.717, 1.165) is 72.5 Å². The topological polar surface area (TPSA) is 31.6 Å². The van der Waals surface area contributed by atoms with Gasteiger partial charge in [0.2, 0.25) is 0 Å². The lowest BCUT2D eigenvalue weighted by atomic mass is 9.84. The van der Waals surface area contributed by atoms with E-state index < -0.39 is 0 Å². The van der Waals surface area contributed by atoms with Gasteiger partial charge >= 0.3 is 0 Å². The van der Waals surface area contributed by atoms with Crippen molar-refractivity contribution in [1.82, 2.24) is 9.97 Å². The Morgan fingerprint density at radius 1 is 0.280 bits per heavy atom. The van der Waals surface area contributed by atoms with Crippen molar-refractivity contribution in [2.75, 3.05) is 0 Å². The lowest BCUT2D eigenvalue weighted by Crippen LogP contribution is -2.08. The molecule has 2 heteroatoms. The fourth-order valence-corrected chi connectivity index (χ4v) is 14.6. The van der Waals surface area contributed by atoms with Crippen LogP contribution < -0.4 is 0 Å². The summed E-state index contributed by atoms with van der Waals surface area (Å²) in [5.74, 6) is 8.05. The summed E-state index contributed by atoms with van der Waals surface area (Å²) >= 11 is 0. The van der Waals surface area contributed by atoms with Crippen LogP contribution in [0.15, 0.2) is 297 Å². The van der Waals surface area contributed by atoms with Gasteiger partial charge in [0.15, 0.2) is 0 Å². The summed E-state index contributed by atoms with van der Waals surface area (Å²) in [6.07, 6.45) is 24.2. The van der Waals surface area contributed by atoms with Crippen LogP contribution in [0.2, 0.25) is 0 Å². The molecule has 0 spiro atoms. The van der Waals surface area contributed by atoms with Gasteiger partial charge in [-0.05, 0) is 250 Å². The minimum Gasteiger partial charge on any atom is -0.365 e. The highest BCUT2D eigenvalue weighted by Crippen LogP contribution is 2.30. The second kappa shape index (κ2) is 57.8. The number of para-hydroxylation sites is 1. The van der Waals surface area contributed by atoms with E-state index in [-0.39, 0.29) is 14.9 Å². The van der Waals surface area contributed by atoms with Gasteiger partial charge in [-0.25, -0.2) is 0 Å². The van der Waals surface area contributed by atoms with Gasteiger partial charge in [0.1, 0.15) is 0 Å². The molecule has 1 aliphatic rings. The number of H-pyrrole nitrogens is 2. The molecule has 0 unspecified atom stereocenters. The van der Waals surface area contributed by atoms with Gasteiger partial charge in [-0.2, -0.15) is 0 Å². The van der Waals surface area contributed by atoms with E-state index in [1.807, 2.05) is 12.3 Å². The smallest absolute Gasteiger partial charge is 0.0456 e. The molecule has 2 heterocycles. The van der Waals surface area contributed by atoms with Crippen molar-refractivity contribution in [2.45, 2.75) is 256 Å². The molecule has 11 aromatic carbocycles. The molecule has 634 valence electrons. The van der Waals surface area contributed by atoms with E-state index in [1.165, 1.54) is 195 Å². The predicted molar refractivity (Wildman–Crippen MR) is 530 cm³/mol. The molecule has 0 atom stereocenters. The molecular weight excluding hydrogens is 1420 g/mol. The van der Waals surface area contributed by atoms with Crippen LogP contribution in [0.4, 0.5) is 0 Å². The van der Waals surface area contributed by atoms with Crippen LogP contribution >= 0.6 is 0 Å². The third-order valence-electron chi connectivity index (χ3n) is 20.8. The summed E-state index contributed by atoms with van der Waals surface area (Å²) < 4.78 is 0. The first kappa shape index (κ1) is 101. The summed E-state index contributed by atoms with van der Waals surface area (Å²) in [5.41, 5.74) is 19.2. The first-order chi connectivity index (χ1) is 55.8. The standard InChI is InChI=1S/C17H20.C16H18.2C14H16.C12H15N.C12H18.C11H16.C10H20.C8H13N.2CH4/c1-14(2)8-9-15-10-12-17(13-11-15)16-6-4-3-5-7-16;1-13(2)12-14-8-10-16(11-9-14)15-6-4-3-5-7-15;1-11(2)10-13-8-5-7-12-6-3-4-9-14(12)13;1-11(2)9-12-7-8-13-5-3-4-6-14(13)10-12;1-9(2)7-11-8-10-5-3-4-6-12(10)13-11;1-10(2)4-7-12-8-5-11(3)6-9-12;1-10(2)8-9-11-6-4-3-5-7-11;1-9(2)8-10-6-4-3-5-7-10;1-7(2)6-8-4-3-5-9-8;;/h3-7,10-14H,8-9H2,1-2H3;3-11,13H,12H2,1-2H3;3-9,11H,10H2,1-2H3;3-8,10-11H,9H2,1-2H3;3-6,8-9,13H,7H2,1-2H3;5-6,8-10H,4,7H2,1-3H3;3-7,10H,8-9H2,1-2H3;9-10H,3-8H2,1-2H3;3-5,7,9H,6H2,1-2H3;2*1H4. The quantitative estimate of drug-likeness (QED) is 0.0640. The summed E-state index contributed by atoms with van der Waals surface area (Å²) in [5, 5.41) is 6.76. The van der Waals surface area contributed by atoms with E-state index in [2.05, 4.69) is 427 Å². The van der Waals surface area contributed by atoms with Gasteiger partial charge in [-0.3, -0.25) is 0 Å². The number of hydrogen-bond donors (Lipinski definition) is 2. The maximum absolute atomic E-state index is 3.43. The molecule has 0 saturated heterocycles. The lowest BCUT2D eigenvalue weighted by molar-refractivity contribution is 0.305. The Morgan fingerprint density at radius 2 is 0.678 bits per heavy atom. The molecule has 13 aromatic rings. The molecule has 0 radical (unpaired) electrons. The minimum atomic E-state index is 0. The molecule has 2 N–H and O–H groups in total. The fraction of sp³-hybridized carbons (Fsp3) is 0.414. The number of rotatable bonds is 23. The highest BCUT2D eigenvalue weighted by molar-refractivity contribution is 5.86. The molecular formula is C116H160N2. The highest BCUT2D eigenvalue weighted by atomic mass is 14.7. The maximum atomic E-state index is 3.43. The van der Waals surface area contributed by atoms with Gasteiger partial charge in [0, 0.05) is 23.1 Å². The molecule has 0 aliphatic heterocycles. The van der Waals surface area contributed by atoms with Crippen LogP contribution in [0.3, 0.4) is 0 Å². The van der Waals surface area contributed by atoms with Crippen molar-refractivity contribution in [1.29, 1.82) is 0 Å². The van der Waals surface area contributed by atoms with Crippen molar-refractivity contribution < 1.29 is 0 Å². The second-order valence-corrected chi connectivity index (χ2v) is 36.4. The average molecular weight is 1580 g/mol. The van der Waals surface area contributed by atoms with Gasteiger partial charge in [0.05, 0.1) is 0 Å². The van der Waals surface area contributed by atoms with Crippen LogP contribution in [0, 0.1) is 66.1 Å². The van der Waals surface area contributed by atoms with Gasteiger partial charge in [0.25, 0.3) is 0 Å². The Balaban J connectivity index is 0.000000280. The Labute approximate surface area is 722 Å². The van der Waals surface area contributed by atoms with E-state index in [4.69, 9.17) is 0 Å². The summed E-state index contributed by atoms with van der Waals surface area (Å²) in [4.78, 5) is 6.60. The summed E-state index contributed by atoms with van der Waals surface area (Å²) in [7, 11) is 0. The molecule has 2 nitrogen and oxygen atoms in total. The molecule has 118 heavy (non-hydrogen) atoms. The average Bonchev–Trinajstić information content (AvgIpc) is 1.44. The van der Waals surface area contributed by atoms with Crippen LogP contribution in [0.1, 0.15) is 248 Å². The van der Waals surface area contributed by atoms with Crippen LogP contribution in [0.25, 0.3) is 54.7 Å². The second-order valence-electron chi connectivity index (χ2n) is 36.4. The Bertz CT molecular complexity index is 4530. The molecule has 14 rings (SSSR count). The predicted octanol–water partition coefficient (Wildman–Crippen LogP) is 34.9. The number of hydrogen-bond acceptors (Lipinski definition) is 0. The van der Waals surface area contributed by atoms with Crippen molar-refractivity contribution in [3.8, 4) is 22.3 Å². The zero-order valence-electron chi connectivity index (χ0n) is 75.6. The first-order valence-electron chi connectivity index (χ1n) is 44.9. The summed E-state index contributed by atoms with van der Waals surface area (Å²) in [6, 6.07) is 104. The number of benzene rings is 11. The van der Waals surface area contributed by atoms with Crippen molar-refractivity contribution in [2.24, 2.45) is 59.2 Å². The van der Waals surface area contributed by atoms with Gasteiger partial charge in [-0.15, -0.1) is 0 Å². The highest BCUT2D eigenvalue weighted by Gasteiger charge is 2.14. The van der Waals surface area contributed by atoms with Crippen LogP contribution in [-0.2, 0) is 51.4 Å². The zero-order valence-corrected chi connectivity index (χ0v) is 75.6. The lowest BCUT2D eigenvalue weighted by Gasteiger charge is -2.22. The monoisotopic (exact) mass is 1580 g/mol. The fourth-order valence-electron chi connectivity index (χ4n) is 14.6. The summed E-state index contributed by atoms with van der Waals surface area (Å²) in [6.45, 7) is 42.9. The number of nitrogens with one attached hydrogen (secondary N) is 2. The normalized spacial score (nSPS) is 11.6. The number of aromatic nitrogens is 2. The van der Waals surface area contributed by atoms with E-state index in [9.17, 15) is 0 Å². The third kappa shape index (κ3) is 42.9. The largest absolute Gasteiger partial charge is 0.365 e. The molecule has 1 fully saturated rings. The van der Waals surface area contributed by atoms with Crippen molar-refractivity contribution >= 4 is 32.4 Å². The zero-order chi connectivity index (χ0) is 83.8. The van der Waals surface area contributed by atoms with E-state index in [1.54, 1.807) is 0 Å².